The third-order valence-electron chi connectivity index (χ3n) is 3.09. The van der Waals surface area contributed by atoms with Gasteiger partial charge in [-0.1, -0.05) is 17.7 Å². The van der Waals surface area contributed by atoms with Gasteiger partial charge < -0.3 is 14.5 Å². The van der Waals surface area contributed by atoms with E-state index in [1.165, 1.54) is 24.5 Å². The van der Waals surface area contributed by atoms with Crippen LogP contribution < -0.4 is 5.32 Å². The van der Waals surface area contributed by atoms with Gasteiger partial charge in [-0.25, -0.2) is 4.39 Å². The minimum Gasteiger partial charge on any atom is -0.467 e. The minimum atomic E-state index is -0.738. The van der Waals surface area contributed by atoms with Gasteiger partial charge in [-0.05, 0) is 31.2 Å². The van der Waals surface area contributed by atoms with E-state index in [1.807, 2.05) is 0 Å². The zero-order chi connectivity index (χ0) is 16.8. The summed E-state index contributed by atoms with van der Waals surface area (Å²) in [5.74, 6) is -1.23. The second-order valence-corrected chi connectivity index (χ2v) is 5.25. The quantitative estimate of drug-likeness (QED) is 0.821. The van der Waals surface area contributed by atoms with Crippen molar-refractivity contribution in [3.05, 3.63) is 58.8 Å². The fourth-order valence-corrected chi connectivity index (χ4v) is 2.16. The lowest BCUT2D eigenvalue weighted by molar-refractivity contribution is -0.148. The lowest BCUT2D eigenvalue weighted by atomic mass is 10.1. The molecular formula is C16H15ClFNO4. The molecule has 0 radical (unpaired) electrons. The van der Waals surface area contributed by atoms with Crippen molar-refractivity contribution >= 4 is 23.5 Å². The molecule has 1 aromatic heterocycles. The van der Waals surface area contributed by atoms with Crippen LogP contribution in [-0.4, -0.2) is 18.5 Å². The van der Waals surface area contributed by atoms with Crippen molar-refractivity contribution in [3.63, 3.8) is 0 Å². The molecule has 0 saturated carbocycles. The highest BCUT2D eigenvalue weighted by atomic mass is 35.5. The van der Waals surface area contributed by atoms with Crippen LogP contribution in [0, 0.1) is 5.82 Å². The molecule has 0 aliphatic rings. The normalized spacial score (nSPS) is 11.8. The van der Waals surface area contributed by atoms with Crippen LogP contribution in [0.2, 0.25) is 5.02 Å². The summed E-state index contributed by atoms with van der Waals surface area (Å²) < 4.78 is 23.5. The van der Waals surface area contributed by atoms with Gasteiger partial charge in [0.25, 0.3) is 5.91 Å². The molecule has 7 heteroatoms. The van der Waals surface area contributed by atoms with Gasteiger partial charge in [-0.3, -0.25) is 9.59 Å². The average Bonchev–Trinajstić information content (AvgIpc) is 3.03. The summed E-state index contributed by atoms with van der Waals surface area (Å²) in [6.07, 6.45) is 1.16. The summed E-state index contributed by atoms with van der Waals surface area (Å²) in [5.41, 5.74) is 0.0449. The Hall–Kier alpha value is -2.34. The number of ether oxygens (including phenoxy) is 1. The summed E-state index contributed by atoms with van der Waals surface area (Å²) >= 11 is 5.82. The number of hydrogen-bond acceptors (Lipinski definition) is 4. The van der Waals surface area contributed by atoms with Gasteiger partial charge >= 0.3 is 5.97 Å². The van der Waals surface area contributed by atoms with E-state index in [-0.39, 0.29) is 23.0 Å². The van der Waals surface area contributed by atoms with E-state index in [0.717, 1.165) is 0 Å². The predicted molar refractivity (Wildman–Crippen MR) is 81.3 cm³/mol. The molecule has 1 aromatic carbocycles. The molecule has 1 amide bonds. The molecule has 2 aromatic rings. The van der Waals surface area contributed by atoms with Gasteiger partial charge in [0.05, 0.1) is 18.7 Å². The molecule has 0 aliphatic heterocycles. The monoisotopic (exact) mass is 339 g/mol. The highest BCUT2D eigenvalue weighted by molar-refractivity contribution is 6.31. The van der Waals surface area contributed by atoms with Gasteiger partial charge in [-0.2, -0.15) is 0 Å². The molecule has 0 spiro atoms. The van der Waals surface area contributed by atoms with E-state index in [0.29, 0.717) is 5.76 Å². The Morgan fingerprint density at radius 2 is 2.13 bits per heavy atom. The number of carbonyl (C=O) groups is 2. The van der Waals surface area contributed by atoms with Crippen molar-refractivity contribution in [2.75, 3.05) is 6.61 Å². The van der Waals surface area contributed by atoms with Crippen molar-refractivity contribution in [3.8, 4) is 0 Å². The molecule has 0 fully saturated rings. The molecule has 1 N–H and O–H groups in total. The van der Waals surface area contributed by atoms with E-state index in [2.05, 4.69) is 5.32 Å². The molecule has 5 nitrogen and oxygen atoms in total. The molecule has 2 rings (SSSR count). The zero-order valence-electron chi connectivity index (χ0n) is 12.3. The maximum absolute atomic E-state index is 13.6. The standard InChI is InChI=1S/C16H15ClFNO4/c1-10(14-6-3-7-22-14)19-15(20)9-23-16(21)8-11-12(17)4-2-5-13(11)18/h2-7,10H,8-9H2,1H3,(H,19,20)/t10-/m1/s1. The number of esters is 1. The largest absolute Gasteiger partial charge is 0.467 e. The topological polar surface area (TPSA) is 68.5 Å². The van der Waals surface area contributed by atoms with E-state index in [4.69, 9.17) is 20.8 Å². The van der Waals surface area contributed by atoms with Crippen molar-refractivity contribution < 1.29 is 23.1 Å². The number of hydrogen-bond donors (Lipinski definition) is 1. The van der Waals surface area contributed by atoms with E-state index in [9.17, 15) is 14.0 Å². The molecule has 23 heavy (non-hydrogen) atoms. The summed E-state index contributed by atoms with van der Waals surface area (Å²) in [6, 6.07) is 7.19. The highest BCUT2D eigenvalue weighted by Gasteiger charge is 2.16. The predicted octanol–water partition coefficient (Wildman–Crippen LogP) is 3.04. The molecule has 122 valence electrons. The third kappa shape index (κ3) is 4.82. The summed E-state index contributed by atoms with van der Waals surface area (Å²) in [4.78, 5) is 23.4. The second kappa shape index (κ2) is 7.78. The number of halogens is 2. The Labute approximate surface area is 137 Å². The first-order valence-corrected chi connectivity index (χ1v) is 7.26. The molecule has 1 heterocycles. The first-order chi connectivity index (χ1) is 11.0. The average molecular weight is 340 g/mol. The Balaban J connectivity index is 1.81. The first-order valence-electron chi connectivity index (χ1n) is 6.88. The van der Waals surface area contributed by atoms with Gasteiger partial charge in [-0.15, -0.1) is 0 Å². The van der Waals surface area contributed by atoms with Gasteiger partial charge in [0.1, 0.15) is 11.6 Å². The van der Waals surface area contributed by atoms with Crippen LogP contribution in [0.15, 0.2) is 41.0 Å². The van der Waals surface area contributed by atoms with Crippen LogP contribution in [-0.2, 0) is 20.7 Å². The Bertz CT molecular complexity index is 667. The lowest BCUT2D eigenvalue weighted by Gasteiger charge is -2.12. The molecule has 0 unspecified atom stereocenters. The SMILES string of the molecule is C[C@@H](NC(=O)COC(=O)Cc1c(F)cccc1Cl)c1ccco1. The number of furan rings is 1. The zero-order valence-corrected chi connectivity index (χ0v) is 13.1. The molecular weight excluding hydrogens is 325 g/mol. The molecule has 1 atom stereocenters. The van der Waals surface area contributed by atoms with Crippen LogP contribution in [0.3, 0.4) is 0 Å². The fourth-order valence-electron chi connectivity index (χ4n) is 1.93. The van der Waals surface area contributed by atoms with E-state index < -0.39 is 24.3 Å². The van der Waals surface area contributed by atoms with Crippen LogP contribution in [0.4, 0.5) is 4.39 Å². The van der Waals surface area contributed by atoms with Crippen molar-refractivity contribution in [1.82, 2.24) is 5.32 Å². The van der Waals surface area contributed by atoms with Gasteiger partial charge in [0, 0.05) is 10.6 Å². The van der Waals surface area contributed by atoms with Crippen LogP contribution >= 0.6 is 11.6 Å². The second-order valence-electron chi connectivity index (χ2n) is 4.84. The molecule has 0 aliphatic carbocycles. The highest BCUT2D eigenvalue weighted by Crippen LogP contribution is 2.19. The number of carbonyl (C=O) groups excluding carboxylic acids is 2. The smallest absolute Gasteiger partial charge is 0.310 e. The molecule has 0 bridgehead atoms. The maximum Gasteiger partial charge on any atom is 0.310 e. The number of benzene rings is 1. The number of amides is 1. The van der Waals surface area contributed by atoms with Crippen LogP contribution in [0.5, 0.6) is 0 Å². The fraction of sp³-hybridized carbons (Fsp3) is 0.250. The number of rotatable bonds is 6. The third-order valence-corrected chi connectivity index (χ3v) is 3.45. The number of nitrogens with one attached hydrogen (secondary N) is 1. The molecule has 0 saturated heterocycles. The summed E-state index contributed by atoms with van der Waals surface area (Å²) in [6.45, 7) is 1.27. The van der Waals surface area contributed by atoms with E-state index in [1.54, 1.807) is 19.1 Å². The Morgan fingerprint density at radius 3 is 2.78 bits per heavy atom. The lowest BCUT2D eigenvalue weighted by Crippen LogP contribution is -2.31. The summed E-state index contributed by atoms with van der Waals surface area (Å²) in [7, 11) is 0. The van der Waals surface area contributed by atoms with Crippen LogP contribution in [0.25, 0.3) is 0 Å². The Kier molecular flexibility index (Phi) is 5.76. The van der Waals surface area contributed by atoms with Crippen molar-refractivity contribution in [2.24, 2.45) is 0 Å². The van der Waals surface area contributed by atoms with E-state index >= 15 is 0 Å². The Morgan fingerprint density at radius 1 is 1.35 bits per heavy atom. The van der Waals surface area contributed by atoms with Gasteiger partial charge in [0.15, 0.2) is 6.61 Å². The minimum absolute atomic E-state index is 0.0449. The maximum atomic E-state index is 13.6. The van der Waals surface area contributed by atoms with Gasteiger partial charge in [0.2, 0.25) is 0 Å². The van der Waals surface area contributed by atoms with Crippen molar-refractivity contribution in [1.29, 1.82) is 0 Å². The van der Waals surface area contributed by atoms with Crippen molar-refractivity contribution in [2.45, 2.75) is 19.4 Å². The van der Waals surface area contributed by atoms with Crippen LogP contribution in [0.1, 0.15) is 24.3 Å². The summed E-state index contributed by atoms with van der Waals surface area (Å²) in [5, 5.41) is 2.75. The first kappa shape index (κ1) is 17.0.